The molecule has 0 aliphatic heterocycles. The topological polar surface area (TPSA) is 81.4 Å². The number of ether oxygens (including phenoxy) is 1. The van der Waals surface area contributed by atoms with Gasteiger partial charge in [0.2, 0.25) is 5.91 Å². The van der Waals surface area contributed by atoms with E-state index in [4.69, 9.17) is 10.5 Å². The number of hydrogen-bond donors (Lipinski definition) is 2. The first kappa shape index (κ1) is 19.3. The average molecular weight is 396 g/mol. The van der Waals surface area contributed by atoms with Crippen LogP contribution in [0.5, 0.6) is 0 Å². The molecule has 5 heteroatoms. The molecule has 0 aromatic heterocycles. The summed E-state index contributed by atoms with van der Waals surface area (Å²) in [6, 6.07) is 23.0. The molecule has 0 bridgehead atoms. The second kappa shape index (κ2) is 8.54. The average Bonchev–Trinajstić information content (AvgIpc) is 3.09. The van der Waals surface area contributed by atoms with Gasteiger partial charge in [-0.3, -0.25) is 4.79 Å². The second-order valence-electron chi connectivity index (χ2n) is 6.92. The number of nitrogens with two attached hydrogens (primary N) is 1. The van der Waals surface area contributed by atoms with Gasteiger partial charge in [-0.25, -0.2) is 4.79 Å². The molecular weight excluding hydrogens is 376 g/mol. The Morgan fingerprint density at radius 2 is 1.50 bits per heavy atom. The maximum absolute atomic E-state index is 12.1. The van der Waals surface area contributed by atoms with Crippen molar-refractivity contribution in [3.63, 3.8) is 0 Å². The fourth-order valence-electron chi connectivity index (χ4n) is 3.63. The summed E-state index contributed by atoms with van der Waals surface area (Å²) in [5.74, 6) is 5.33. The number of primary amides is 1. The molecule has 0 saturated heterocycles. The molecule has 1 aliphatic carbocycles. The molecule has 0 saturated carbocycles. The van der Waals surface area contributed by atoms with Gasteiger partial charge in [0.25, 0.3) is 0 Å². The highest BCUT2D eigenvalue weighted by Gasteiger charge is 2.28. The molecule has 0 fully saturated rings. The lowest BCUT2D eigenvalue weighted by molar-refractivity contribution is 0.1000. The Morgan fingerprint density at radius 1 is 0.900 bits per heavy atom. The van der Waals surface area contributed by atoms with Crippen LogP contribution in [0.15, 0.2) is 72.8 Å². The second-order valence-corrected chi connectivity index (χ2v) is 6.92. The van der Waals surface area contributed by atoms with Crippen molar-refractivity contribution in [1.29, 1.82) is 0 Å². The van der Waals surface area contributed by atoms with E-state index < -0.39 is 12.0 Å². The van der Waals surface area contributed by atoms with Crippen LogP contribution in [0.3, 0.4) is 0 Å². The Kier molecular flexibility index (Phi) is 5.49. The Balaban J connectivity index is 1.32. The van der Waals surface area contributed by atoms with Crippen LogP contribution >= 0.6 is 0 Å². The molecular formula is C25H20N2O3. The van der Waals surface area contributed by atoms with Crippen molar-refractivity contribution in [3.05, 3.63) is 95.1 Å². The van der Waals surface area contributed by atoms with Crippen molar-refractivity contribution >= 4 is 12.0 Å². The van der Waals surface area contributed by atoms with E-state index in [0.717, 1.165) is 5.56 Å². The zero-order valence-electron chi connectivity index (χ0n) is 16.2. The summed E-state index contributed by atoms with van der Waals surface area (Å²) in [6.07, 6.45) is -0.504. The van der Waals surface area contributed by atoms with Crippen LogP contribution in [0.2, 0.25) is 0 Å². The molecule has 0 radical (unpaired) electrons. The van der Waals surface area contributed by atoms with E-state index in [9.17, 15) is 9.59 Å². The maximum atomic E-state index is 12.1. The fraction of sp³-hybridized carbons (Fsp3) is 0.120. The van der Waals surface area contributed by atoms with Crippen LogP contribution in [0.1, 0.15) is 33.0 Å². The third-order valence-electron chi connectivity index (χ3n) is 5.07. The number of hydrogen-bond acceptors (Lipinski definition) is 3. The molecule has 148 valence electrons. The number of carbonyl (C=O) groups is 2. The third-order valence-corrected chi connectivity index (χ3v) is 5.07. The molecule has 0 heterocycles. The Labute approximate surface area is 174 Å². The largest absolute Gasteiger partial charge is 0.449 e. The van der Waals surface area contributed by atoms with Gasteiger partial charge in [-0.05, 0) is 46.5 Å². The van der Waals surface area contributed by atoms with E-state index in [2.05, 4.69) is 41.4 Å². The van der Waals surface area contributed by atoms with Crippen molar-refractivity contribution in [3.8, 4) is 23.0 Å². The quantitative estimate of drug-likeness (QED) is 0.660. The minimum atomic E-state index is -0.504. The van der Waals surface area contributed by atoms with Gasteiger partial charge < -0.3 is 15.8 Å². The molecule has 0 spiro atoms. The number of carbonyl (C=O) groups excluding carboxylic acids is 2. The zero-order chi connectivity index (χ0) is 20.9. The number of benzene rings is 3. The van der Waals surface area contributed by atoms with E-state index in [0.29, 0.717) is 5.56 Å². The summed E-state index contributed by atoms with van der Waals surface area (Å²) >= 11 is 0. The molecule has 4 rings (SSSR count). The van der Waals surface area contributed by atoms with Crippen molar-refractivity contribution in [2.24, 2.45) is 5.73 Å². The highest BCUT2D eigenvalue weighted by atomic mass is 16.5. The highest BCUT2D eigenvalue weighted by Crippen LogP contribution is 2.44. The van der Waals surface area contributed by atoms with Crippen molar-refractivity contribution in [2.45, 2.75) is 5.92 Å². The lowest BCUT2D eigenvalue weighted by Gasteiger charge is -2.14. The number of fused-ring (bicyclic) bond motifs is 3. The van der Waals surface area contributed by atoms with Crippen LogP contribution in [-0.2, 0) is 4.74 Å². The van der Waals surface area contributed by atoms with Crippen molar-refractivity contribution in [1.82, 2.24) is 5.32 Å². The van der Waals surface area contributed by atoms with E-state index in [1.54, 1.807) is 24.3 Å². The SMILES string of the molecule is NC(=O)c1ccc(C#CCNC(=O)OCC2c3ccccc3-c3ccccc32)cc1. The lowest BCUT2D eigenvalue weighted by Crippen LogP contribution is -2.26. The van der Waals surface area contributed by atoms with E-state index in [1.165, 1.54) is 22.3 Å². The van der Waals surface area contributed by atoms with Gasteiger partial charge in [-0.1, -0.05) is 60.4 Å². The molecule has 5 nitrogen and oxygen atoms in total. The molecule has 3 aromatic rings. The molecule has 3 aromatic carbocycles. The summed E-state index contributed by atoms with van der Waals surface area (Å²) < 4.78 is 5.46. The smallest absolute Gasteiger partial charge is 0.407 e. The van der Waals surface area contributed by atoms with Crippen molar-refractivity contribution < 1.29 is 14.3 Å². The Bertz CT molecular complexity index is 1110. The van der Waals surface area contributed by atoms with Gasteiger partial charge in [0.1, 0.15) is 6.61 Å². The predicted molar refractivity (Wildman–Crippen MR) is 115 cm³/mol. The van der Waals surface area contributed by atoms with Gasteiger partial charge >= 0.3 is 6.09 Å². The van der Waals surface area contributed by atoms with Gasteiger partial charge in [0, 0.05) is 17.0 Å². The lowest BCUT2D eigenvalue weighted by atomic mass is 9.98. The first-order valence-corrected chi connectivity index (χ1v) is 9.61. The minimum absolute atomic E-state index is 0.0259. The first-order valence-electron chi connectivity index (χ1n) is 9.61. The number of alkyl carbamates (subject to hydrolysis) is 1. The monoisotopic (exact) mass is 396 g/mol. The van der Waals surface area contributed by atoms with Crippen LogP contribution in [0, 0.1) is 11.8 Å². The van der Waals surface area contributed by atoms with Crippen LogP contribution < -0.4 is 11.1 Å². The highest BCUT2D eigenvalue weighted by molar-refractivity contribution is 5.92. The number of nitrogens with one attached hydrogen (secondary N) is 1. The van der Waals surface area contributed by atoms with E-state index in [-0.39, 0.29) is 19.1 Å². The Hall–Kier alpha value is -4.04. The van der Waals surface area contributed by atoms with E-state index >= 15 is 0 Å². The van der Waals surface area contributed by atoms with Gasteiger partial charge in [-0.2, -0.15) is 0 Å². The summed E-state index contributed by atoms with van der Waals surface area (Å²) in [5.41, 5.74) is 11.1. The first-order chi connectivity index (χ1) is 14.6. The molecule has 0 unspecified atom stereocenters. The molecule has 1 aliphatic rings. The van der Waals surface area contributed by atoms with E-state index in [1.807, 2.05) is 24.3 Å². The number of rotatable bonds is 4. The fourth-order valence-corrected chi connectivity index (χ4v) is 3.63. The summed E-state index contributed by atoms with van der Waals surface area (Å²) in [6.45, 7) is 0.427. The summed E-state index contributed by atoms with van der Waals surface area (Å²) in [5, 5.41) is 2.65. The van der Waals surface area contributed by atoms with Gasteiger partial charge in [0.15, 0.2) is 0 Å². The van der Waals surface area contributed by atoms with Crippen molar-refractivity contribution in [2.75, 3.05) is 13.2 Å². The van der Waals surface area contributed by atoms with Gasteiger partial charge in [-0.15, -0.1) is 0 Å². The predicted octanol–water partition coefficient (Wildman–Crippen LogP) is 3.68. The normalized spacial score (nSPS) is 11.6. The minimum Gasteiger partial charge on any atom is -0.449 e. The van der Waals surface area contributed by atoms with Crippen LogP contribution in [0.25, 0.3) is 11.1 Å². The Morgan fingerprint density at radius 3 is 2.10 bits per heavy atom. The van der Waals surface area contributed by atoms with Gasteiger partial charge in [0.05, 0.1) is 6.54 Å². The molecule has 0 atom stereocenters. The zero-order valence-corrected chi connectivity index (χ0v) is 16.2. The molecule has 30 heavy (non-hydrogen) atoms. The third kappa shape index (κ3) is 4.03. The standard InChI is InChI=1S/C25H20N2O3/c26-24(28)18-13-11-17(12-14-18)6-5-15-27-25(29)30-16-23-21-9-3-1-7-19(21)20-8-2-4-10-22(20)23/h1-4,7-14,23H,15-16H2,(H2,26,28)(H,27,29). The van der Waals surface area contributed by atoms with Crippen LogP contribution in [0.4, 0.5) is 4.79 Å². The molecule has 3 N–H and O–H groups in total. The summed E-state index contributed by atoms with van der Waals surface area (Å²) in [7, 11) is 0. The number of amides is 2. The molecule has 2 amide bonds. The van der Waals surface area contributed by atoms with Crippen LogP contribution in [-0.4, -0.2) is 25.2 Å². The summed E-state index contributed by atoms with van der Waals surface area (Å²) in [4.78, 5) is 23.2. The maximum Gasteiger partial charge on any atom is 0.407 e.